The third-order valence-corrected chi connectivity index (χ3v) is 7.90. The molecule has 1 aliphatic heterocycles. The molecule has 0 aliphatic carbocycles. The molecule has 274 valence electrons. The smallest absolute Gasteiger partial charge is 0.306 e. The first-order chi connectivity index (χ1) is 23.3. The number of allylic oxidation sites excluding steroid dienone is 8. The van der Waals surface area contributed by atoms with E-state index in [-0.39, 0.29) is 26.1 Å². The summed E-state index contributed by atoms with van der Waals surface area (Å²) in [5, 5.41) is 39.8. The Morgan fingerprint density at radius 1 is 0.646 bits per heavy atom. The van der Waals surface area contributed by atoms with Crippen LogP contribution in [0, 0.1) is 0 Å². The van der Waals surface area contributed by atoms with Gasteiger partial charge in [-0.05, 0) is 57.8 Å². The van der Waals surface area contributed by atoms with Crippen LogP contribution < -0.4 is 0 Å². The SMILES string of the molecule is C=CC/C=C/C/C=C/CCCCCCCC(=O)OC[C@H](CO[C@@H]1O[C@H](CO)[C@H](O)[C@H](O)[C@H]1O)OC(=O)CCCCCCC/C=C/CC=C. The van der Waals surface area contributed by atoms with E-state index in [2.05, 4.69) is 49.6 Å². The normalized spacial score (nSPS) is 22.0. The lowest BCUT2D eigenvalue weighted by Gasteiger charge is -2.39. The Morgan fingerprint density at radius 3 is 1.77 bits per heavy atom. The van der Waals surface area contributed by atoms with Gasteiger partial charge in [-0.1, -0.05) is 87.1 Å². The lowest BCUT2D eigenvalue weighted by atomic mass is 9.99. The van der Waals surface area contributed by atoms with Crippen LogP contribution in [-0.2, 0) is 28.5 Å². The minimum atomic E-state index is -1.60. The summed E-state index contributed by atoms with van der Waals surface area (Å²) >= 11 is 0. The van der Waals surface area contributed by atoms with Crippen LogP contribution >= 0.6 is 0 Å². The highest BCUT2D eigenvalue weighted by atomic mass is 16.7. The van der Waals surface area contributed by atoms with Gasteiger partial charge in [0.15, 0.2) is 12.4 Å². The largest absolute Gasteiger partial charge is 0.462 e. The van der Waals surface area contributed by atoms with Crippen LogP contribution in [0.5, 0.6) is 0 Å². The number of hydrogen-bond donors (Lipinski definition) is 4. The van der Waals surface area contributed by atoms with Gasteiger partial charge in [-0.25, -0.2) is 0 Å². The molecule has 0 radical (unpaired) electrons. The van der Waals surface area contributed by atoms with Crippen molar-refractivity contribution >= 4 is 11.9 Å². The van der Waals surface area contributed by atoms with Crippen molar-refractivity contribution in [1.29, 1.82) is 0 Å². The van der Waals surface area contributed by atoms with Crippen molar-refractivity contribution in [3.05, 3.63) is 61.8 Å². The number of aliphatic hydroxyl groups excluding tert-OH is 4. The van der Waals surface area contributed by atoms with E-state index >= 15 is 0 Å². The van der Waals surface area contributed by atoms with E-state index in [0.29, 0.717) is 12.8 Å². The molecule has 0 aromatic heterocycles. The number of esters is 2. The molecule has 0 aromatic carbocycles. The zero-order valence-electron chi connectivity index (χ0n) is 28.9. The molecule has 6 atom stereocenters. The fourth-order valence-electron chi connectivity index (χ4n) is 5.04. The Kier molecular flexibility index (Phi) is 26.5. The molecule has 0 bridgehead atoms. The maximum absolute atomic E-state index is 12.6. The molecule has 48 heavy (non-hydrogen) atoms. The summed E-state index contributed by atoms with van der Waals surface area (Å²) in [6.07, 6.45) is 23.2. The second-order valence-corrected chi connectivity index (χ2v) is 12.1. The van der Waals surface area contributed by atoms with Gasteiger partial charge in [-0.3, -0.25) is 9.59 Å². The topological polar surface area (TPSA) is 152 Å². The van der Waals surface area contributed by atoms with Crippen molar-refractivity contribution in [2.45, 2.75) is 146 Å². The highest BCUT2D eigenvalue weighted by Crippen LogP contribution is 2.22. The van der Waals surface area contributed by atoms with Crippen LogP contribution in [0.2, 0.25) is 0 Å². The zero-order chi connectivity index (χ0) is 35.2. The standard InChI is InChI=1S/C38H62O10/c1-3-5-7-9-11-13-15-16-17-19-20-22-24-26-33(40)45-29-31(30-46-38-37(44)36(43)35(42)32(28-39)48-38)47-34(41)27-25-23-21-18-14-12-10-8-6-4-2/h3-4,7-10,13,15,31-32,35-39,42-44H,1-2,5-6,11-12,14,16-30H2/b9-7+,10-8+,15-13+/t31-,32-,35+,36+,37-,38-/m1/s1. The van der Waals surface area contributed by atoms with E-state index in [1.54, 1.807) is 0 Å². The average molecular weight is 679 g/mol. The van der Waals surface area contributed by atoms with Gasteiger partial charge in [-0.15, -0.1) is 13.2 Å². The Bertz CT molecular complexity index is 944. The van der Waals surface area contributed by atoms with Crippen molar-refractivity contribution in [2.75, 3.05) is 19.8 Å². The Hall–Kier alpha value is -2.60. The lowest BCUT2D eigenvalue weighted by molar-refractivity contribution is -0.305. The quantitative estimate of drug-likeness (QED) is 0.0426. The molecule has 0 amide bonds. The van der Waals surface area contributed by atoms with Crippen LogP contribution in [-0.4, -0.2) is 89.0 Å². The lowest BCUT2D eigenvalue weighted by Crippen LogP contribution is -2.59. The van der Waals surface area contributed by atoms with Crippen LogP contribution in [0.25, 0.3) is 0 Å². The van der Waals surface area contributed by atoms with Gasteiger partial charge in [0.05, 0.1) is 13.2 Å². The number of rotatable bonds is 29. The molecule has 0 unspecified atom stereocenters. The zero-order valence-corrected chi connectivity index (χ0v) is 28.9. The van der Waals surface area contributed by atoms with Gasteiger partial charge in [0.2, 0.25) is 0 Å². The first kappa shape index (κ1) is 43.4. The molecule has 10 nitrogen and oxygen atoms in total. The molecular weight excluding hydrogens is 616 g/mol. The predicted octanol–water partition coefficient (Wildman–Crippen LogP) is 5.93. The van der Waals surface area contributed by atoms with Crippen LogP contribution in [0.3, 0.4) is 0 Å². The van der Waals surface area contributed by atoms with Gasteiger partial charge in [0, 0.05) is 12.8 Å². The second kappa shape index (κ2) is 29.3. The summed E-state index contributed by atoms with van der Waals surface area (Å²) in [7, 11) is 0. The van der Waals surface area contributed by atoms with Crippen LogP contribution in [0.4, 0.5) is 0 Å². The van der Waals surface area contributed by atoms with E-state index < -0.39 is 55.4 Å². The van der Waals surface area contributed by atoms with E-state index in [9.17, 15) is 30.0 Å². The maximum Gasteiger partial charge on any atom is 0.306 e. The summed E-state index contributed by atoms with van der Waals surface area (Å²) in [6, 6.07) is 0. The summed E-state index contributed by atoms with van der Waals surface area (Å²) < 4.78 is 21.9. The average Bonchev–Trinajstić information content (AvgIpc) is 3.08. The molecule has 10 heteroatoms. The monoisotopic (exact) mass is 678 g/mol. The molecule has 1 heterocycles. The first-order valence-corrected chi connectivity index (χ1v) is 17.8. The summed E-state index contributed by atoms with van der Waals surface area (Å²) in [6.45, 7) is 6.26. The van der Waals surface area contributed by atoms with Crippen LogP contribution in [0.15, 0.2) is 61.8 Å². The van der Waals surface area contributed by atoms with Crippen molar-refractivity contribution in [1.82, 2.24) is 0 Å². The van der Waals surface area contributed by atoms with Gasteiger partial charge >= 0.3 is 11.9 Å². The third-order valence-electron chi connectivity index (χ3n) is 7.90. The molecular formula is C38H62O10. The highest BCUT2D eigenvalue weighted by molar-refractivity contribution is 5.70. The number of carbonyl (C=O) groups excluding carboxylic acids is 2. The Labute approximate surface area is 288 Å². The number of unbranched alkanes of at least 4 members (excludes halogenated alkanes) is 10. The van der Waals surface area contributed by atoms with Crippen molar-refractivity contribution in [3.8, 4) is 0 Å². The minimum absolute atomic E-state index is 0.201. The van der Waals surface area contributed by atoms with E-state index in [1.807, 2.05) is 12.2 Å². The molecule has 1 fully saturated rings. The van der Waals surface area contributed by atoms with Crippen molar-refractivity contribution < 1.29 is 49.0 Å². The molecule has 0 aromatic rings. The Morgan fingerprint density at radius 2 is 1.17 bits per heavy atom. The molecule has 4 N–H and O–H groups in total. The highest BCUT2D eigenvalue weighted by Gasteiger charge is 2.44. The number of hydrogen-bond acceptors (Lipinski definition) is 10. The predicted molar refractivity (Wildman–Crippen MR) is 187 cm³/mol. The van der Waals surface area contributed by atoms with E-state index in [4.69, 9.17) is 18.9 Å². The molecule has 1 rings (SSSR count). The van der Waals surface area contributed by atoms with Crippen LogP contribution in [0.1, 0.15) is 109 Å². The molecule has 0 saturated carbocycles. The Balaban J connectivity index is 2.43. The number of aliphatic hydroxyl groups is 4. The molecule has 1 saturated heterocycles. The van der Waals surface area contributed by atoms with Crippen molar-refractivity contribution in [3.63, 3.8) is 0 Å². The molecule has 1 aliphatic rings. The summed E-state index contributed by atoms with van der Waals surface area (Å²) in [5.41, 5.74) is 0. The van der Waals surface area contributed by atoms with Crippen molar-refractivity contribution in [2.24, 2.45) is 0 Å². The van der Waals surface area contributed by atoms with Gasteiger partial charge in [0.25, 0.3) is 0 Å². The van der Waals surface area contributed by atoms with Gasteiger partial charge in [-0.2, -0.15) is 0 Å². The first-order valence-electron chi connectivity index (χ1n) is 17.8. The van der Waals surface area contributed by atoms with E-state index in [0.717, 1.165) is 83.5 Å². The maximum atomic E-state index is 12.6. The summed E-state index contributed by atoms with van der Waals surface area (Å²) in [4.78, 5) is 25.1. The number of carbonyl (C=O) groups is 2. The van der Waals surface area contributed by atoms with Gasteiger partial charge in [0.1, 0.15) is 31.0 Å². The summed E-state index contributed by atoms with van der Waals surface area (Å²) in [5.74, 6) is -0.865. The number of ether oxygens (including phenoxy) is 4. The second-order valence-electron chi connectivity index (χ2n) is 12.1. The fourth-order valence-corrected chi connectivity index (χ4v) is 5.04. The third kappa shape index (κ3) is 21.4. The minimum Gasteiger partial charge on any atom is -0.462 e. The van der Waals surface area contributed by atoms with E-state index in [1.165, 1.54) is 0 Å². The van der Waals surface area contributed by atoms with Gasteiger partial charge < -0.3 is 39.4 Å². The fraction of sp³-hybridized carbons (Fsp3) is 0.684. The molecule has 0 spiro atoms.